The number of hydrogen-bond acceptors (Lipinski definition) is 4. The molecule has 0 saturated carbocycles. The van der Waals surface area contributed by atoms with Crippen molar-refractivity contribution >= 4 is 28.3 Å². The lowest BCUT2D eigenvalue weighted by atomic mass is 10.2. The van der Waals surface area contributed by atoms with Crippen LogP contribution in [0, 0.1) is 13.8 Å². The first-order valence-electron chi connectivity index (χ1n) is 7.41. The van der Waals surface area contributed by atoms with E-state index in [1.165, 1.54) is 11.3 Å². The van der Waals surface area contributed by atoms with Gasteiger partial charge in [0, 0.05) is 9.75 Å². The first kappa shape index (κ1) is 16.6. The Hall–Kier alpha value is -2.28. The second kappa shape index (κ2) is 6.32. The molecule has 0 fully saturated rings. The van der Waals surface area contributed by atoms with Gasteiger partial charge in [-0.1, -0.05) is 12.1 Å². The molecule has 0 N–H and O–H groups in total. The number of nitrogens with zero attached hydrogens (tertiary/aromatic N) is 2. The number of carbonyl (C=O) groups is 1. The number of imidazole rings is 1. The van der Waals surface area contributed by atoms with Crippen molar-refractivity contribution in [1.82, 2.24) is 9.55 Å². The van der Waals surface area contributed by atoms with Crippen LogP contribution in [0.3, 0.4) is 0 Å². The number of fused-ring (bicyclic) bond motifs is 1. The van der Waals surface area contributed by atoms with Crippen molar-refractivity contribution < 1.29 is 18.3 Å². The number of hydrogen-bond donors (Lipinski definition) is 0. The molecule has 0 aliphatic heterocycles. The second-order valence-corrected chi connectivity index (χ2v) is 6.94. The van der Waals surface area contributed by atoms with Crippen molar-refractivity contribution in [3.63, 3.8) is 0 Å². The zero-order valence-corrected chi connectivity index (χ0v) is 14.2. The van der Waals surface area contributed by atoms with Crippen molar-refractivity contribution in [2.24, 2.45) is 0 Å². The van der Waals surface area contributed by atoms with Crippen LogP contribution in [0.15, 0.2) is 30.3 Å². The van der Waals surface area contributed by atoms with Crippen molar-refractivity contribution in [3.8, 4) is 0 Å². The van der Waals surface area contributed by atoms with E-state index in [2.05, 4.69) is 4.98 Å². The molecule has 1 unspecified atom stereocenters. The maximum absolute atomic E-state index is 13.5. The van der Waals surface area contributed by atoms with Crippen LogP contribution in [-0.4, -0.2) is 15.5 Å². The van der Waals surface area contributed by atoms with E-state index in [9.17, 15) is 13.6 Å². The van der Waals surface area contributed by atoms with Gasteiger partial charge in [0.15, 0.2) is 11.9 Å². The number of rotatable bonds is 4. The Labute approximate surface area is 141 Å². The Kier molecular flexibility index (Phi) is 4.36. The highest BCUT2D eigenvalue weighted by atomic mass is 32.1. The molecule has 0 aliphatic rings. The first-order valence-corrected chi connectivity index (χ1v) is 8.23. The van der Waals surface area contributed by atoms with Crippen LogP contribution in [0.25, 0.3) is 11.0 Å². The van der Waals surface area contributed by atoms with E-state index in [0.717, 1.165) is 14.3 Å². The number of esters is 1. The number of aromatic nitrogens is 2. The summed E-state index contributed by atoms with van der Waals surface area (Å²) in [5, 5.41) is 0. The van der Waals surface area contributed by atoms with Gasteiger partial charge in [0.2, 0.25) is 0 Å². The lowest BCUT2D eigenvalue weighted by Gasteiger charge is -2.15. The number of halogens is 2. The van der Waals surface area contributed by atoms with Crippen LogP contribution in [0.4, 0.5) is 8.78 Å². The number of carbonyl (C=O) groups excluding carboxylic acids is 1. The zero-order chi connectivity index (χ0) is 17.4. The standard InChI is InChI=1S/C17H16F2N2O2S/c1-9-8-12(11(3)24-9)16(22)23-10(2)15-20-13-6-4-5-7-14(13)21(15)17(18)19/h4-8,10,17H,1-3H3. The summed E-state index contributed by atoms with van der Waals surface area (Å²) in [7, 11) is 0. The van der Waals surface area contributed by atoms with E-state index in [1.54, 1.807) is 37.3 Å². The smallest absolute Gasteiger partial charge is 0.339 e. The van der Waals surface area contributed by atoms with Crippen LogP contribution >= 0.6 is 11.3 Å². The number of alkyl halides is 2. The summed E-state index contributed by atoms with van der Waals surface area (Å²) < 4.78 is 33.1. The number of ether oxygens (including phenoxy) is 1. The lowest BCUT2D eigenvalue weighted by molar-refractivity contribution is 0.0233. The molecule has 2 heterocycles. The molecule has 1 aromatic carbocycles. The molecule has 0 bridgehead atoms. The van der Waals surface area contributed by atoms with Crippen LogP contribution in [0.1, 0.15) is 45.5 Å². The van der Waals surface area contributed by atoms with Gasteiger partial charge in [-0.2, -0.15) is 8.78 Å². The minimum Gasteiger partial charge on any atom is -0.451 e. The van der Waals surface area contributed by atoms with E-state index in [0.29, 0.717) is 16.6 Å². The van der Waals surface area contributed by atoms with Gasteiger partial charge in [-0.3, -0.25) is 4.57 Å². The van der Waals surface area contributed by atoms with E-state index in [-0.39, 0.29) is 5.82 Å². The molecular formula is C17H16F2N2O2S. The molecule has 24 heavy (non-hydrogen) atoms. The van der Waals surface area contributed by atoms with Gasteiger partial charge in [0.25, 0.3) is 0 Å². The maximum Gasteiger partial charge on any atom is 0.339 e. The molecule has 1 atom stereocenters. The monoisotopic (exact) mass is 350 g/mol. The molecule has 0 radical (unpaired) electrons. The predicted octanol–water partition coefficient (Wildman–Crippen LogP) is 5.03. The largest absolute Gasteiger partial charge is 0.451 e. The Morgan fingerprint density at radius 1 is 1.29 bits per heavy atom. The Bertz CT molecular complexity index is 901. The Balaban J connectivity index is 1.94. The molecule has 3 rings (SSSR count). The number of para-hydroxylation sites is 2. The fourth-order valence-electron chi connectivity index (χ4n) is 2.67. The van der Waals surface area contributed by atoms with Crippen LogP contribution < -0.4 is 0 Å². The summed E-state index contributed by atoms with van der Waals surface area (Å²) in [6.45, 7) is 2.51. The van der Waals surface area contributed by atoms with Crippen LogP contribution in [0.2, 0.25) is 0 Å². The molecule has 126 valence electrons. The van der Waals surface area contributed by atoms with Crippen molar-refractivity contribution in [2.45, 2.75) is 33.4 Å². The summed E-state index contributed by atoms with van der Waals surface area (Å²) in [4.78, 5) is 18.4. The fraction of sp³-hybridized carbons (Fsp3) is 0.294. The third kappa shape index (κ3) is 2.91. The number of benzene rings is 1. The third-order valence-electron chi connectivity index (χ3n) is 3.73. The average molecular weight is 350 g/mol. The topological polar surface area (TPSA) is 44.1 Å². The molecular weight excluding hydrogens is 334 g/mol. The summed E-state index contributed by atoms with van der Waals surface area (Å²) in [5.41, 5.74) is 1.22. The highest BCUT2D eigenvalue weighted by molar-refractivity contribution is 7.12. The summed E-state index contributed by atoms with van der Waals surface area (Å²) >= 11 is 1.49. The zero-order valence-electron chi connectivity index (χ0n) is 13.4. The molecule has 0 spiro atoms. The van der Waals surface area contributed by atoms with Gasteiger partial charge >= 0.3 is 12.5 Å². The average Bonchev–Trinajstić information content (AvgIpc) is 3.07. The van der Waals surface area contributed by atoms with Crippen LogP contribution in [-0.2, 0) is 4.74 Å². The SMILES string of the molecule is Cc1cc(C(=O)OC(C)c2nc3ccccc3n2C(F)F)c(C)s1. The van der Waals surface area contributed by atoms with Gasteiger partial charge in [0.1, 0.15) is 0 Å². The van der Waals surface area contributed by atoms with Gasteiger partial charge in [-0.05, 0) is 39.0 Å². The fourth-order valence-corrected chi connectivity index (χ4v) is 3.58. The van der Waals surface area contributed by atoms with Gasteiger partial charge < -0.3 is 4.74 Å². The molecule has 0 saturated heterocycles. The summed E-state index contributed by atoms with van der Waals surface area (Å²) in [6, 6.07) is 8.35. The normalized spacial score (nSPS) is 12.8. The Morgan fingerprint density at radius 2 is 2.00 bits per heavy atom. The van der Waals surface area contributed by atoms with E-state index < -0.39 is 18.6 Å². The third-order valence-corrected chi connectivity index (χ3v) is 4.69. The molecule has 0 amide bonds. The first-order chi connectivity index (χ1) is 11.4. The minimum absolute atomic E-state index is 0.0316. The minimum atomic E-state index is -2.77. The van der Waals surface area contributed by atoms with Crippen LogP contribution in [0.5, 0.6) is 0 Å². The highest BCUT2D eigenvalue weighted by Crippen LogP contribution is 2.29. The van der Waals surface area contributed by atoms with Gasteiger partial charge in [0.05, 0.1) is 16.6 Å². The van der Waals surface area contributed by atoms with E-state index in [1.807, 2.05) is 13.8 Å². The quantitative estimate of drug-likeness (QED) is 0.620. The molecule has 7 heteroatoms. The van der Waals surface area contributed by atoms with Crippen molar-refractivity contribution in [1.29, 1.82) is 0 Å². The van der Waals surface area contributed by atoms with Crippen molar-refractivity contribution in [2.75, 3.05) is 0 Å². The second-order valence-electron chi connectivity index (χ2n) is 5.48. The van der Waals surface area contributed by atoms with Crippen molar-refractivity contribution in [3.05, 3.63) is 51.5 Å². The van der Waals surface area contributed by atoms with Gasteiger partial charge in [-0.25, -0.2) is 9.78 Å². The highest BCUT2D eigenvalue weighted by Gasteiger charge is 2.25. The molecule has 0 aliphatic carbocycles. The number of thiophene rings is 1. The summed E-state index contributed by atoms with van der Waals surface area (Å²) in [6.07, 6.45) is -0.890. The van der Waals surface area contributed by atoms with E-state index >= 15 is 0 Å². The molecule has 4 nitrogen and oxygen atoms in total. The van der Waals surface area contributed by atoms with Gasteiger partial charge in [-0.15, -0.1) is 11.3 Å². The predicted molar refractivity (Wildman–Crippen MR) is 88.6 cm³/mol. The number of aryl methyl sites for hydroxylation is 2. The molecule has 2 aromatic heterocycles. The maximum atomic E-state index is 13.5. The molecule has 3 aromatic rings. The van der Waals surface area contributed by atoms with E-state index in [4.69, 9.17) is 4.74 Å². The summed E-state index contributed by atoms with van der Waals surface area (Å²) in [5.74, 6) is -0.499. The Morgan fingerprint density at radius 3 is 2.62 bits per heavy atom. The lowest BCUT2D eigenvalue weighted by Crippen LogP contribution is -2.14.